The second-order valence-electron chi connectivity index (χ2n) is 11.0. The van der Waals surface area contributed by atoms with E-state index in [-0.39, 0.29) is 46.9 Å². The van der Waals surface area contributed by atoms with E-state index in [0.717, 1.165) is 31.7 Å². The third-order valence-electron chi connectivity index (χ3n) is 7.18. The molecule has 2 aliphatic carbocycles. The van der Waals surface area contributed by atoms with E-state index in [1.54, 1.807) is 6.92 Å². The Morgan fingerprint density at radius 2 is 1.81 bits per heavy atom. The average molecular weight is 605 g/mol. The van der Waals surface area contributed by atoms with Gasteiger partial charge in [-0.3, -0.25) is 9.59 Å². The highest BCUT2D eigenvalue weighted by Crippen LogP contribution is 2.37. The number of halogens is 4. The molecule has 2 saturated carbocycles. The lowest BCUT2D eigenvalue weighted by Gasteiger charge is -2.20. The highest BCUT2D eigenvalue weighted by molar-refractivity contribution is 5.94. The third kappa shape index (κ3) is 8.04. The van der Waals surface area contributed by atoms with Crippen LogP contribution in [0.15, 0.2) is 40.8 Å². The molecule has 0 radical (unpaired) electrons. The monoisotopic (exact) mass is 604 g/mol. The van der Waals surface area contributed by atoms with Crippen molar-refractivity contribution < 1.29 is 41.0 Å². The van der Waals surface area contributed by atoms with Gasteiger partial charge in [-0.05, 0) is 68.7 Å². The SMILES string of the molecule is C[C@H](N)c1oc(-c2ccc(OC(F)F)c(OCC3CC3)c2)nc1C(=O)NC(CNC(=O)CC1CC1)c1ccc(F)cc1F. The summed E-state index contributed by atoms with van der Waals surface area (Å²) in [7, 11) is 0. The van der Waals surface area contributed by atoms with Crippen LogP contribution in [-0.4, -0.2) is 36.6 Å². The normalized spacial score (nSPS) is 16.1. The second-order valence-corrected chi connectivity index (χ2v) is 11.0. The molecule has 1 heterocycles. The summed E-state index contributed by atoms with van der Waals surface area (Å²) in [5.74, 6) is -2.21. The fourth-order valence-electron chi connectivity index (χ4n) is 4.49. The largest absolute Gasteiger partial charge is 0.489 e. The summed E-state index contributed by atoms with van der Waals surface area (Å²) in [5.41, 5.74) is 6.14. The summed E-state index contributed by atoms with van der Waals surface area (Å²) in [4.78, 5) is 30.2. The van der Waals surface area contributed by atoms with Gasteiger partial charge in [-0.25, -0.2) is 13.8 Å². The first-order valence-corrected chi connectivity index (χ1v) is 14.1. The minimum absolute atomic E-state index is 0.0111. The summed E-state index contributed by atoms with van der Waals surface area (Å²) >= 11 is 0. The van der Waals surface area contributed by atoms with Crippen molar-refractivity contribution in [3.63, 3.8) is 0 Å². The van der Waals surface area contributed by atoms with Crippen molar-refractivity contribution in [3.05, 3.63) is 65.1 Å². The number of carbonyl (C=O) groups excluding carboxylic acids is 2. The molecule has 4 N–H and O–H groups in total. The van der Waals surface area contributed by atoms with Crippen LogP contribution in [0.25, 0.3) is 11.5 Å². The van der Waals surface area contributed by atoms with E-state index in [2.05, 4.69) is 20.4 Å². The number of aromatic nitrogens is 1. The smallest absolute Gasteiger partial charge is 0.387 e. The van der Waals surface area contributed by atoms with E-state index in [1.165, 1.54) is 24.3 Å². The fourth-order valence-corrected chi connectivity index (χ4v) is 4.49. The standard InChI is InChI=1S/C30H32F4N4O5/c1-15(35)27-26(38-29(43-27)18-6-9-23(42-30(33)34)24(11-18)41-14-17-4-5-17)28(40)37-22(13-36-25(39)10-16-2-3-16)20-8-7-19(31)12-21(20)32/h6-9,11-12,15-17,22,30H,2-5,10,13-14,35H2,1H3,(H,36,39)(H,37,40)/t15-,22?/m0/s1. The van der Waals surface area contributed by atoms with E-state index >= 15 is 0 Å². The molecule has 2 amide bonds. The van der Waals surface area contributed by atoms with Crippen LogP contribution in [0.1, 0.15) is 72.9 Å². The molecular formula is C30H32F4N4O5. The molecule has 0 aliphatic heterocycles. The Morgan fingerprint density at radius 1 is 1.07 bits per heavy atom. The predicted octanol–water partition coefficient (Wildman–Crippen LogP) is 5.42. The van der Waals surface area contributed by atoms with Gasteiger partial charge in [-0.1, -0.05) is 6.07 Å². The zero-order valence-corrected chi connectivity index (χ0v) is 23.4. The van der Waals surface area contributed by atoms with Gasteiger partial charge in [0.1, 0.15) is 11.6 Å². The topological polar surface area (TPSA) is 129 Å². The Hall–Kier alpha value is -4.13. The maximum atomic E-state index is 14.8. The van der Waals surface area contributed by atoms with Gasteiger partial charge < -0.3 is 30.3 Å². The van der Waals surface area contributed by atoms with E-state index in [4.69, 9.17) is 14.9 Å². The first kappa shape index (κ1) is 30.3. The van der Waals surface area contributed by atoms with Crippen LogP contribution in [0.5, 0.6) is 11.5 Å². The molecule has 2 aliphatic rings. The zero-order chi connectivity index (χ0) is 30.7. The van der Waals surface area contributed by atoms with Gasteiger partial charge in [-0.2, -0.15) is 8.78 Å². The molecule has 5 rings (SSSR count). The molecular weight excluding hydrogens is 572 g/mol. The van der Waals surface area contributed by atoms with E-state index < -0.39 is 36.2 Å². The maximum Gasteiger partial charge on any atom is 0.387 e. The number of ether oxygens (including phenoxy) is 2. The number of hydrogen-bond donors (Lipinski definition) is 3. The van der Waals surface area contributed by atoms with E-state index in [1.807, 2.05) is 0 Å². The van der Waals surface area contributed by atoms with Crippen LogP contribution in [0, 0.1) is 23.5 Å². The van der Waals surface area contributed by atoms with Gasteiger partial charge >= 0.3 is 6.61 Å². The molecule has 2 fully saturated rings. The molecule has 43 heavy (non-hydrogen) atoms. The number of carbonyl (C=O) groups is 2. The lowest BCUT2D eigenvalue weighted by atomic mass is 10.0. The van der Waals surface area contributed by atoms with Gasteiger partial charge in [-0.15, -0.1) is 0 Å². The lowest BCUT2D eigenvalue weighted by Crippen LogP contribution is -2.39. The Kier molecular flexibility index (Phi) is 9.19. The molecule has 230 valence electrons. The summed E-state index contributed by atoms with van der Waals surface area (Å²) < 4.78 is 70.5. The van der Waals surface area contributed by atoms with Gasteiger partial charge in [0.25, 0.3) is 5.91 Å². The summed E-state index contributed by atoms with van der Waals surface area (Å²) in [6, 6.07) is 5.18. The summed E-state index contributed by atoms with van der Waals surface area (Å²) in [6.07, 6.45) is 4.21. The van der Waals surface area contributed by atoms with Crippen molar-refractivity contribution in [1.82, 2.24) is 15.6 Å². The minimum atomic E-state index is -3.06. The maximum absolute atomic E-state index is 14.8. The van der Waals surface area contributed by atoms with Crippen molar-refractivity contribution >= 4 is 11.8 Å². The highest BCUT2D eigenvalue weighted by Gasteiger charge is 2.29. The molecule has 9 nitrogen and oxygen atoms in total. The number of nitrogens with two attached hydrogens (primary N) is 1. The van der Waals surface area contributed by atoms with Crippen LogP contribution in [0.2, 0.25) is 0 Å². The minimum Gasteiger partial charge on any atom is -0.489 e. The van der Waals surface area contributed by atoms with Crippen molar-refractivity contribution in [2.24, 2.45) is 17.6 Å². The van der Waals surface area contributed by atoms with E-state index in [0.29, 0.717) is 36.5 Å². The molecule has 1 aromatic heterocycles. The third-order valence-corrected chi connectivity index (χ3v) is 7.18. The first-order chi connectivity index (χ1) is 20.6. The predicted molar refractivity (Wildman–Crippen MR) is 146 cm³/mol. The molecule has 3 aromatic rings. The van der Waals surface area contributed by atoms with Crippen molar-refractivity contribution in [3.8, 4) is 23.0 Å². The number of alkyl halides is 2. The molecule has 2 aromatic carbocycles. The number of hydrogen-bond acceptors (Lipinski definition) is 7. The van der Waals surface area contributed by atoms with Gasteiger partial charge in [0.2, 0.25) is 11.8 Å². The van der Waals surface area contributed by atoms with Crippen molar-refractivity contribution in [1.29, 1.82) is 0 Å². The van der Waals surface area contributed by atoms with Crippen LogP contribution < -0.4 is 25.8 Å². The summed E-state index contributed by atoms with van der Waals surface area (Å²) in [6.45, 7) is -1.33. The number of nitrogens with zero attached hydrogens (tertiary/aromatic N) is 1. The zero-order valence-electron chi connectivity index (χ0n) is 23.4. The molecule has 0 spiro atoms. The average Bonchev–Trinajstić information content (AvgIpc) is 3.89. The van der Waals surface area contributed by atoms with Crippen molar-refractivity contribution in [2.75, 3.05) is 13.2 Å². The van der Waals surface area contributed by atoms with Gasteiger partial charge in [0.05, 0.1) is 18.7 Å². The second kappa shape index (κ2) is 13.0. The molecule has 0 bridgehead atoms. The Morgan fingerprint density at radius 3 is 2.47 bits per heavy atom. The summed E-state index contributed by atoms with van der Waals surface area (Å²) in [5, 5.41) is 5.36. The molecule has 2 atom stereocenters. The fraction of sp³-hybridized carbons (Fsp3) is 0.433. The van der Waals surface area contributed by atoms with E-state index in [9.17, 15) is 27.2 Å². The van der Waals surface area contributed by atoms with Crippen LogP contribution in [0.4, 0.5) is 17.6 Å². The molecule has 1 unspecified atom stereocenters. The van der Waals surface area contributed by atoms with Crippen LogP contribution in [0.3, 0.4) is 0 Å². The molecule has 13 heteroatoms. The van der Waals surface area contributed by atoms with Gasteiger partial charge in [0, 0.05) is 30.2 Å². The van der Waals surface area contributed by atoms with Crippen molar-refractivity contribution in [2.45, 2.75) is 57.7 Å². The first-order valence-electron chi connectivity index (χ1n) is 14.1. The number of oxazole rings is 1. The quantitative estimate of drug-likeness (QED) is 0.210. The highest BCUT2D eigenvalue weighted by atomic mass is 19.3. The van der Waals surface area contributed by atoms with Crippen LogP contribution >= 0.6 is 0 Å². The number of nitrogens with one attached hydrogen (secondary N) is 2. The number of rotatable bonds is 14. The molecule has 0 saturated heterocycles. The number of amides is 2. The Labute approximate surface area is 245 Å². The Balaban J connectivity index is 1.40. The number of benzene rings is 2. The van der Waals surface area contributed by atoms with Gasteiger partial charge in [0.15, 0.2) is 23.0 Å². The van der Waals surface area contributed by atoms with Crippen LogP contribution in [-0.2, 0) is 4.79 Å². The Bertz CT molecular complexity index is 1470. The lowest BCUT2D eigenvalue weighted by molar-refractivity contribution is -0.121.